The number of esters is 1. The lowest BCUT2D eigenvalue weighted by Gasteiger charge is -2.02. The van der Waals surface area contributed by atoms with Crippen molar-refractivity contribution in [3.05, 3.63) is 29.6 Å². The van der Waals surface area contributed by atoms with Gasteiger partial charge in [0.25, 0.3) is 0 Å². The Morgan fingerprint density at radius 1 is 1.43 bits per heavy atom. The summed E-state index contributed by atoms with van der Waals surface area (Å²) in [6.45, 7) is 0.244. The van der Waals surface area contributed by atoms with Crippen LogP contribution in [-0.4, -0.2) is 25.2 Å². The molecule has 0 aliphatic carbocycles. The lowest BCUT2D eigenvalue weighted by atomic mass is 10.2. The van der Waals surface area contributed by atoms with Crippen molar-refractivity contribution in [2.24, 2.45) is 0 Å². The number of hydrogen-bond donors (Lipinski definition) is 0. The maximum Gasteiger partial charge on any atom is 0.339 e. The fourth-order valence-corrected chi connectivity index (χ4v) is 0.923. The summed E-state index contributed by atoms with van der Waals surface area (Å²) in [6.07, 6.45) is 3.02. The zero-order valence-corrected chi connectivity index (χ0v) is 8.02. The van der Waals surface area contributed by atoms with Crippen LogP contribution in [0, 0.1) is 0 Å². The Balaban J connectivity index is 2.73. The van der Waals surface area contributed by atoms with Gasteiger partial charge in [0.1, 0.15) is 6.61 Å². The van der Waals surface area contributed by atoms with Crippen LogP contribution < -0.4 is 0 Å². The fraction of sp³-hybridized carbons (Fsp3) is 0.333. The van der Waals surface area contributed by atoms with Gasteiger partial charge >= 0.3 is 5.97 Å². The van der Waals surface area contributed by atoms with Crippen molar-refractivity contribution in [3.63, 3.8) is 0 Å². The molecule has 0 unspecified atom stereocenters. The average Bonchev–Trinajstić information content (AvgIpc) is 2.25. The maximum atomic E-state index is 11.1. The summed E-state index contributed by atoms with van der Waals surface area (Å²) in [6, 6.07) is 1.64. The number of rotatable bonds is 4. The van der Waals surface area contributed by atoms with Crippen molar-refractivity contribution in [3.8, 4) is 0 Å². The highest BCUT2D eigenvalue weighted by Gasteiger charge is 2.06. The summed E-state index contributed by atoms with van der Waals surface area (Å²) in [5.74, 6) is -0.420. The second-order valence-corrected chi connectivity index (χ2v) is 2.50. The Morgan fingerprint density at radius 2 is 2.21 bits per heavy atom. The van der Waals surface area contributed by atoms with E-state index in [1.165, 1.54) is 20.4 Å². The first-order valence-corrected chi connectivity index (χ1v) is 3.95. The van der Waals surface area contributed by atoms with Gasteiger partial charge in [-0.3, -0.25) is 4.98 Å². The van der Waals surface area contributed by atoms with Gasteiger partial charge in [-0.1, -0.05) is 0 Å². The molecule has 0 spiro atoms. The monoisotopic (exact) mass is 197 g/mol. The van der Waals surface area contributed by atoms with Crippen LogP contribution in [0.15, 0.2) is 18.5 Å². The minimum Gasteiger partial charge on any atom is -0.465 e. The van der Waals surface area contributed by atoms with Gasteiger partial charge in [0.2, 0.25) is 0 Å². The van der Waals surface area contributed by atoms with Crippen LogP contribution in [0.1, 0.15) is 15.9 Å². The van der Waals surface area contributed by atoms with Crippen LogP contribution >= 0.6 is 0 Å². The molecular formula is C9H11NO4. The van der Waals surface area contributed by atoms with Gasteiger partial charge in [-0.05, 0) is 6.07 Å². The standard InChI is InChI=1S/C9H11NO4/c1-12-9(11)8-3-7(4-10-5-8)6-14-13-2/h3-5H,6H2,1-2H3. The molecule has 0 atom stereocenters. The second-order valence-electron chi connectivity index (χ2n) is 2.50. The van der Waals surface area contributed by atoms with E-state index in [1.54, 1.807) is 12.3 Å². The Bertz CT molecular complexity index is 313. The molecular weight excluding hydrogens is 186 g/mol. The van der Waals surface area contributed by atoms with E-state index in [0.717, 1.165) is 5.56 Å². The molecule has 0 amide bonds. The molecule has 0 radical (unpaired) electrons. The Labute approximate surface area is 81.5 Å². The molecule has 1 aromatic rings. The third-order valence-electron chi connectivity index (χ3n) is 1.56. The van der Waals surface area contributed by atoms with Crippen LogP contribution in [0.2, 0.25) is 0 Å². The molecule has 0 saturated carbocycles. The highest BCUT2D eigenvalue weighted by atomic mass is 17.2. The number of hydrogen-bond acceptors (Lipinski definition) is 5. The quantitative estimate of drug-likeness (QED) is 0.408. The van der Waals surface area contributed by atoms with E-state index in [9.17, 15) is 4.79 Å². The minimum atomic E-state index is -0.420. The van der Waals surface area contributed by atoms with Gasteiger partial charge in [0.15, 0.2) is 0 Å². The van der Waals surface area contributed by atoms with Gasteiger partial charge < -0.3 is 4.74 Å². The maximum absolute atomic E-state index is 11.1. The number of pyridine rings is 1. The summed E-state index contributed by atoms with van der Waals surface area (Å²) in [4.78, 5) is 24.1. The highest BCUT2D eigenvalue weighted by Crippen LogP contribution is 2.05. The summed E-state index contributed by atoms with van der Waals surface area (Å²) in [5.41, 5.74) is 1.14. The van der Waals surface area contributed by atoms with Crippen molar-refractivity contribution < 1.29 is 19.3 Å². The molecule has 0 N–H and O–H groups in total. The summed E-state index contributed by atoms with van der Waals surface area (Å²) >= 11 is 0. The zero-order chi connectivity index (χ0) is 10.4. The number of aromatic nitrogens is 1. The molecule has 0 aliphatic heterocycles. The van der Waals surface area contributed by atoms with Crippen molar-refractivity contribution in [2.45, 2.75) is 6.61 Å². The third kappa shape index (κ3) is 2.79. The molecule has 5 heteroatoms. The SMILES string of the molecule is COOCc1cncc(C(=O)OC)c1. The van der Waals surface area contributed by atoms with E-state index in [-0.39, 0.29) is 6.61 Å². The van der Waals surface area contributed by atoms with E-state index in [0.29, 0.717) is 5.56 Å². The highest BCUT2D eigenvalue weighted by molar-refractivity contribution is 5.89. The van der Waals surface area contributed by atoms with Crippen LogP contribution in [0.25, 0.3) is 0 Å². The second kappa shape index (κ2) is 5.31. The Hall–Kier alpha value is -1.46. The van der Waals surface area contributed by atoms with Crippen LogP contribution in [-0.2, 0) is 21.1 Å². The van der Waals surface area contributed by atoms with E-state index >= 15 is 0 Å². The molecule has 76 valence electrons. The van der Waals surface area contributed by atoms with Crippen molar-refractivity contribution >= 4 is 5.97 Å². The van der Waals surface area contributed by atoms with Crippen LogP contribution in [0.3, 0.4) is 0 Å². The average molecular weight is 197 g/mol. The molecule has 1 heterocycles. The summed E-state index contributed by atoms with van der Waals surface area (Å²) in [7, 11) is 2.73. The zero-order valence-electron chi connectivity index (χ0n) is 8.02. The van der Waals surface area contributed by atoms with E-state index in [4.69, 9.17) is 4.89 Å². The fourth-order valence-electron chi connectivity index (χ4n) is 0.923. The molecule has 1 rings (SSSR count). The van der Waals surface area contributed by atoms with Gasteiger partial charge in [0, 0.05) is 18.0 Å². The van der Waals surface area contributed by atoms with Gasteiger partial charge in [-0.15, -0.1) is 0 Å². The first-order valence-electron chi connectivity index (χ1n) is 3.95. The summed E-state index contributed by atoms with van der Waals surface area (Å²) < 4.78 is 4.54. The van der Waals surface area contributed by atoms with Crippen LogP contribution in [0.5, 0.6) is 0 Å². The van der Waals surface area contributed by atoms with Crippen LogP contribution in [0.4, 0.5) is 0 Å². The molecule has 0 aliphatic rings. The molecule has 0 bridgehead atoms. The minimum absolute atomic E-state index is 0.244. The molecule has 1 aromatic heterocycles. The van der Waals surface area contributed by atoms with Gasteiger partial charge in [0.05, 0.1) is 19.8 Å². The molecule has 0 fully saturated rings. The lowest BCUT2D eigenvalue weighted by Crippen LogP contribution is -2.03. The Morgan fingerprint density at radius 3 is 2.86 bits per heavy atom. The lowest BCUT2D eigenvalue weighted by molar-refractivity contribution is -0.282. The van der Waals surface area contributed by atoms with Crippen molar-refractivity contribution in [1.29, 1.82) is 0 Å². The molecule has 0 saturated heterocycles. The summed E-state index contributed by atoms with van der Waals surface area (Å²) in [5, 5.41) is 0. The number of methoxy groups -OCH3 is 1. The van der Waals surface area contributed by atoms with Gasteiger partial charge in [-0.2, -0.15) is 0 Å². The molecule has 14 heavy (non-hydrogen) atoms. The first kappa shape index (κ1) is 10.6. The first-order chi connectivity index (χ1) is 6.77. The number of carbonyl (C=O) groups is 1. The Kier molecular flexibility index (Phi) is 4.03. The van der Waals surface area contributed by atoms with E-state index < -0.39 is 5.97 Å². The predicted molar refractivity (Wildman–Crippen MR) is 47.4 cm³/mol. The normalized spacial score (nSPS) is 9.86. The topological polar surface area (TPSA) is 57.7 Å². The van der Waals surface area contributed by atoms with E-state index in [2.05, 4.69) is 14.6 Å². The predicted octanol–water partition coefficient (Wildman–Crippen LogP) is 0.946. The van der Waals surface area contributed by atoms with E-state index in [1.807, 2.05) is 0 Å². The van der Waals surface area contributed by atoms with Crippen molar-refractivity contribution in [1.82, 2.24) is 4.98 Å². The number of ether oxygens (including phenoxy) is 1. The van der Waals surface area contributed by atoms with Gasteiger partial charge in [-0.25, -0.2) is 14.6 Å². The number of carbonyl (C=O) groups excluding carboxylic acids is 1. The smallest absolute Gasteiger partial charge is 0.339 e. The van der Waals surface area contributed by atoms with Crippen molar-refractivity contribution in [2.75, 3.05) is 14.2 Å². The third-order valence-corrected chi connectivity index (χ3v) is 1.56. The molecule has 0 aromatic carbocycles. The largest absolute Gasteiger partial charge is 0.465 e. The molecule has 5 nitrogen and oxygen atoms in total. The number of nitrogens with zero attached hydrogens (tertiary/aromatic N) is 1.